The number of hydrogen-bond donors (Lipinski definition) is 2. The number of ether oxygens (including phenoxy) is 2. The van der Waals surface area contributed by atoms with Gasteiger partial charge in [-0.2, -0.15) is 0 Å². The fraction of sp³-hybridized carbons (Fsp3) is 0.410. The number of rotatable bonds is 10. The predicted molar refractivity (Wildman–Crippen MR) is 192 cm³/mol. The average Bonchev–Trinajstić information content (AvgIpc) is 3.77. The molecule has 11 heteroatoms. The van der Waals surface area contributed by atoms with Gasteiger partial charge in [0.25, 0.3) is 14.2 Å². The third-order valence-corrected chi connectivity index (χ3v) is 15.2. The fourth-order valence-electron chi connectivity index (χ4n) is 7.88. The molecule has 0 radical (unpaired) electrons. The molecule has 1 aromatic heterocycles. The summed E-state index contributed by atoms with van der Waals surface area (Å²) in [4.78, 5) is 6.29. The number of hydrogen-bond acceptors (Lipinski definition) is 7. The van der Waals surface area contributed by atoms with Crippen molar-refractivity contribution in [1.29, 1.82) is 0 Å². The minimum absolute atomic E-state index is 0.0722. The van der Waals surface area contributed by atoms with Crippen LogP contribution in [0.4, 0.5) is 18.9 Å². The molecule has 0 aliphatic carbocycles. The van der Waals surface area contributed by atoms with Crippen molar-refractivity contribution in [3.05, 3.63) is 108 Å². The van der Waals surface area contributed by atoms with E-state index >= 15 is 13.2 Å². The Kier molecular flexibility index (Phi) is 9.44. The smallest absolute Gasteiger partial charge is 0.282 e. The highest BCUT2D eigenvalue weighted by Crippen LogP contribution is 2.46. The molecule has 7 rings (SSSR count). The first-order valence-corrected chi connectivity index (χ1v) is 19.3. The Morgan fingerprint density at radius 1 is 0.980 bits per heavy atom. The second kappa shape index (κ2) is 13.7. The summed E-state index contributed by atoms with van der Waals surface area (Å²) >= 11 is 0. The third-order valence-electron chi connectivity index (χ3n) is 10.2. The Bertz CT molecular complexity index is 1760. The summed E-state index contributed by atoms with van der Waals surface area (Å²) in [5.41, 5.74) is 2.24. The van der Waals surface area contributed by atoms with Gasteiger partial charge >= 0.3 is 0 Å². The molecular weight excluding hydrogens is 658 g/mol. The topological polar surface area (TPSA) is 67.9 Å². The summed E-state index contributed by atoms with van der Waals surface area (Å²) in [5, 5.41) is 8.03. The van der Waals surface area contributed by atoms with Gasteiger partial charge in [-0.25, -0.2) is 13.2 Å². The maximum Gasteiger partial charge on any atom is 0.282 e. The lowest BCUT2D eigenvalue weighted by Crippen LogP contribution is -2.67. The number of aromatic nitrogens is 1. The van der Waals surface area contributed by atoms with E-state index in [1.165, 1.54) is 6.07 Å². The number of pyridine rings is 1. The van der Waals surface area contributed by atoms with Gasteiger partial charge in [0.2, 0.25) is 6.79 Å². The molecular formula is C39H45F3N4O3Si. The fourth-order valence-corrected chi connectivity index (χ4v) is 12.5. The molecule has 0 spiro atoms. The summed E-state index contributed by atoms with van der Waals surface area (Å²) in [5.74, 6) is -2.73. The molecule has 4 aromatic rings. The highest BCUT2D eigenvalue weighted by atomic mass is 28.4. The molecule has 50 heavy (non-hydrogen) atoms. The van der Waals surface area contributed by atoms with Crippen molar-refractivity contribution < 1.29 is 27.1 Å². The summed E-state index contributed by atoms with van der Waals surface area (Å²) in [7, 11) is -3.24. The van der Waals surface area contributed by atoms with Crippen LogP contribution in [0, 0.1) is 5.82 Å². The van der Waals surface area contributed by atoms with E-state index in [9.17, 15) is 0 Å². The first-order chi connectivity index (χ1) is 23.9. The van der Waals surface area contributed by atoms with Gasteiger partial charge in [-0.3, -0.25) is 9.88 Å². The van der Waals surface area contributed by atoms with Gasteiger partial charge in [0, 0.05) is 24.7 Å². The zero-order valence-electron chi connectivity index (χ0n) is 29.0. The molecule has 3 atom stereocenters. The molecule has 3 aliphatic rings. The third kappa shape index (κ3) is 6.64. The van der Waals surface area contributed by atoms with Crippen LogP contribution in [0.1, 0.15) is 57.0 Å². The van der Waals surface area contributed by atoms with Crippen molar-refractivity contribution in [2.24, 2.45) is 0 Å². The minimum Gasteiger partial charge on any atom is -0.454 e. The van der Waals surface area contributed by atoms with Crippen LogP contribution >= 0.6 is 0 Å². The Labute approximate surface area is 293 Å². The standard InChI is InChI=1S/C39H45F3N4O3Si/c1-26-17-27-18-34-35(48-25-47-34)20-32(27)37(36-33(40)19-29(22-44-36)45-28-15-16-43-21-28)46(26)23-39(41,42)24-49-50(38(2,3)4,30-11-7-5-8-12-30)31-13-9-6-10-14-31/h5-14,18-20,22,26,28,37,43,45H,15-17,21,23-25H2,1-4H3/t26-,28+,37+/m1/s1. The number of anilines is 1. The molecule has 1 fully saturated rings. The van der Waals surface area contributed by atoms with Crippen LogP contribution in [0.15, 0.2) is 85.1 Å². The largest absolute Gasteiger partial charge is 0.454 e. The van der Waals surface area contributed by atoms with Crippen molar-refractivity contribution in [2.75, 3.05) is 38.4 Å². The zero-order chi connectivity index (χ0) is 35.1. The number of benzene rings is 3. The normalized spacial score (nSPS) is 20.9. The molecule has 3 aromatic carbocycles. The molecule has 2 N–H and O–H groups in total. The Balaban J connectivity index is 1.24. The van der Waals surface area contributed by atoms with Gasteiger partial charge in [-0.15, -0.1) is 0 Å². The Morgan fingerprint density at radius 3 is 2.24 bits per heavy atom. The first kappa shape index (κ1) is 34.5. The van der Waals surface area contributed by atoms with Gasteiger partial charge in [0.1, 0.15) is 5.82 Å². The van der Waals surface area contributed by atoms with Crippen LogP contribution in [-0.2, 0) is 10.8 Å². The quantitative estimate of drug-likeness (QED) is 0.189. The summed E-state index contributed by atoms with van der Waals surface area (Å²) in [6.45, 7) is 8.40. The van der Waals surface area contributed by atoms with E-state index in [0.29, 0.717) is 29.2 Å². The number of alkyl halides is 2. The monoisotopic (exact) mass is 702 g/mol. The predicted octanol–water partition coefficient (Wildman–Crippen LogP) is 6.27. The lowest BCUT2D eigenvalue weighted by molar-refractivity contribution is -0.0824. The van der Waals surface area contributed by atoms with Crippen LogP contribution in [0.25, 0.3) is 0 Å². The van der Waals surface area contributed by atoms with Gasteiger partial charge in [-0.1, -0.05) is 81.4 Å². The van der Waals surface area contributed by atoms with E-state index < -0.39 is 44.3 Å². The number of nitrogens with zero attached hydrogens (tertiary/aromatic N) is 2. The lowest BCUT2D eigenvalue weighted by Gasteiger charge is -2.45. The van der Waals surface area contributed by atoms with E-state index in [1.54, 1.807) is 17.2 Å². The number of nitrogens with one attached hydrogen (secondary N) is 2. The van der Waals surface area contributed by atoms with Crippen LogP contribution in [0.5, 0.6) is 11.5 Å². The van der Waals surface area contributed by atoms with Crippen molar-refractivity contribution in [1.82, 2.24) is 15.2 Å². The van der Waals surface area contributed by atoms with Crippen molar-refractivity contribution in [3.8, 4) is 11.5 Å². The molecule has 264 valence electrons. The number of halogens is 3. The zero-order valence-corrected chi connectivity index (χ0v) is 30.0. The first-order valence-electron chi connectivity index (χ1n) is 17.4. The van der Waals surface area contributed by atoms with Crippen molar-refractivity contribution in [2.45, 2.75) is 69.6 Å². The Hall–Kier alpha value is -3.90. The van der Waals surface area contributed by atoms with E-state index in [1.807, 2.05) is 73.7 Å². The van der Waals surface area contributed by atoms with Crippen LogP contribution in [0.2, 0.25) is 5.04 Å². The van der Waals surface area contributed by atoms with Gasteiger partial charge in [0.15, 0.2) is 11.5 Å². The molecule has 0 amide bonds. The van der Waals surface area contributed by atoms with E-state index in [0.717, 1.165) is 35.4 Å². The minimum atomic E-state index is -3.29. The molecule has 0 bridgehead atoms. The average molecular weight is 703 g/mol. The van der Waals surface area contributed by atoms with Crippen LogP contribution < -0.4 is 30.5 Å². The second-order valence-electron chi connectivity index (χ2n) is 14.8. The lowest BCUT2D eigenvalue weighted by atomic mass is 9.86. The van der Waals surface area contributed by atoms with Gasteiger partial charge in [0.05, 0.1) is 36.8 Å². The van der Waals surface area contributed by atoms with Gasteiger partial charge in [-0.05, 0) is 65.0 Å². The SMILES string of the molecule is C[C@@H]1Cc2cc3c(cc2[C@@H](c2ncc(N[C@H]4CCNC4)cc2F)N1CC(F)(F)CO[Si](c1ccccc1)(c1ccccc1)C(C)(C)C)OCO3. The maximum atomic E-state index is 16.7. The molecule has 0 unspecified atom stereocenters. The second-order valence-corrected chi connectivity index (χ2v) is 19.1. The molecule has 4 heterocycles. The highest BCUT2D eigenvalue weighted by Gasteiger charge is 2.52. The maximum absolute atomic E-state index is 16.7. The molecule has 0 saturated carbocycles. The van der Waals surface area contributed by atoms with Crippen molar-refractivity contribution in [3.63, 3.8) is 0 Å². The Morgan fingerprint density at radius 2 is 1.64 bits per heavy atom. The van der Waals surface area contributed by atoms with E-state index in [-0.39, 0.29) is 24.6 Å². The summed E-state index contributed by atoms with van der Waals surface area (Å²) in [6.07, 6.45) is 3.00. The van der Waals surface area contributed by atoms with Crippen molar-refractivity contribution >= 4 is 24.4 Å². The highest BCUT2D eigenvalue weighted by molar-refractivity contribution is 6.99. The molecule has 1 saturated heterocycles. The number of fused-ring (bicyclic) bond motifs is 2. The molecule has 3 aliphatic heterocycles. The molecule has 7 nitrogen and oxygen atoms in total. The van der Waals surface area contributed by atoms with Crippen LogP contribution in [-0.4, -0.2) is 69.2 Å². The van der Waals surface area contributed by atoms with Gasteiger partial charge < -0.3 is 24.5 Å². The van der Waals surface area contributed by atoms with E-state index in [4.69, 9.17) is 13.9 Å². The summed E-state index contributed by atoms with van der Waals surface area (Å²) in [6, 6.07) is 23.6. The summed E-state index contributed by atoms with van der Waals surface area (Å²) < 4.78 is 67.6. The van der Waals surface area contributed by atoms with Crippen LogP contribution in [0.3, 0.4) is 0 Å². The van der Waals surface area contributed by atoms with E-state index in [2.05, 4.69) is 36.4 Å².